The fourth-order valence-electron chi connectivity index (χ4n) is 2.72. The first-order valence-corrected chi connectivity index (χ1v) is 9.79. The Bertz CT molecular complexity index is 785. The molecule has 4 nitrogen and oxygen atoms in total. The van der Waals surface area contributed by atoms with Gasteiger partial charge in [-0.3, -0.25) is 4.98 Å². The number of hydrogen-bond donors (Lipinski definition) is 0. The second-order valence-corrected chi connectivity index (χ2v) is 8.39. The summed E-state index contributed by atoms with van der Waals surface area (Å²) in [6, 6.07) is 18.9. The van der Waals surface area contributed by atoms with E-state index in [1.165, 1.54) is 0 Å². The molecule has 24 heavy (non-hydrogen) atoms. The molecule has 0 aliphatic carbocycles. The van der Waals surface area contributed by atoms with Crippen molar-refractivity contribution in [2.45, 2.75) is 12.7 Å². The highest BCUT2D eigenvalue weighted by Gasteiger charge is 2.39. The van der Waals surface area contributed by atoms with Gasteiger partial charge in [-0.1, -0.05) is 54.6 Å². The summed E-state index contributed by atoms with van der Waals surface area (Å²) in [6.45, 7) is 0.412. The minimum absolute atomic E-state index is 0.412. The van der Waals surface area contributed by atoms with E-state index in [1.54, 1.807) is 14.2 Å². The molecule has 5 heteroatoms. The minimum atomic E-state index is -2.78. The Morgan fingerprint density at radius 1 is 0.875 bits per heavy atom. The Morgan fingerprint density at radius 3 is 2.33 bits per heavy atom. The van der Waals surface area contributed by atoms with Gasteiger partial charge >= 0.3 is 8.80 Å². The van der Waals surface area contributed by atoms with Crippen molar-refractivity contribution in [1.29, 1.82) is 0 Å². The summed E-state index contributed by atoms with van der Waals surface area (Å²) in [5.41, 5.74) is 2.18. The topological polar surface area (TPSA) is 40.6 Å². The summed E-state index contributed by atoms with van der Waals surface area (Å²) < 4.78 is 17.6. The van der Waals surface area contributed by atoms with Crippen LogP contribution in [0.4, 0.5) is 0 Å². The molecular formula is C19H21NO3Si. The first kappa shape index (κ1) is 16.8. The second-order valence-electron chi connectivity index (χ2n) is 5.56. The van der Waals surface area contributed by atoms with Gasteiger partial charge in [0, 0.05) is 43.6 Å². The number of fused-ring (bicyclic) bond motifs is 1. The van der Waals surface area contributed by atoms with E-state index in [0.29, 0.717) is 12.7 Å². The number of hydrogen-bond acceptors (Lipinski definition) is 4. The quantitative estimate of drug-likeness (QED) is 0.615. The standard InChI is InChI=1S/C19H21NO3Si/c1-21-24(22-2,15-16-8-4-3-5-9-16)23-14-18-13-20-12-17-10-6-7-11-19(17)18/h3-13H,14-15H2,1-2H3. The van der Waals surface area contributed by atoms with Crippen LogP contribution in [0.25, 0.3) is 10.8 Å². The van der Waals surface area contributed by atoms with Gasteiger partial charge in [0.1, 0.15) is 0 Å². The van der Waals surface area contributed by atoms with Crippen LogP contribution in [0.2, 0.25) is 0 Å². The van der Waals surface area contributed by atoms with Gasteiger partial charge in [-0.25, -0.2) is 0 Å². The van der Waals surface area contributed by atoms with Crippen LogP contribution < -0.4 is 0 Å². The summed E-state index contributed by atoms with van der Waals surface area (Å²) in [7, 11) is 0.523. The zero-order valence-electron chi connectivity index (χ0n) is 13.9. The van der Waals surface area contributed by atoms with E-state index >= 15 is 0 Å². The van der Waals surface area contributed by atoms with Crippen LogP contribution in [-0.4, -0.2) is 28.0 Å². The monoisotopic (exact) mass is 339 g/mol. The van der Waals surface area contributed by atoms with Gasteiger partial charge in [0.15, 0.2) is 0 Å². The summed E-state index contributed by atoms with van der Waals surface area (Å²) in [5.74, 6) is 0. The Balaban J connectivity index is 1.81. The summed E-state index contributed by atoms with van der Waals surface area (Å²) >= 11 is 0. The zero-order valence-corrected chi connectivity index (χ0v) is 14.9. The van der Waals surface area contributed by atoms with Crippen LogP contribution in [0.1, 0.15) is 11.1 Å². The van der Waals surface area contributed by atoms with Crippen molar-refractivity contribution in [3.05, 3.63) is 78.1 Å². The molecule has 1 heterocycles. The summed E-state index contributed by atoms with van der Waals surface area (Å²) in [4.78, 5) is 4.30. The predicted octanol–water partition coefficient (Wildman–Crippen LogP) is 3.77. The molecule has 0 amide bonds. The van der Waals surface area contributed by atoms with Gasteiger partial charge in [-0.2, -0.15) is 0 Å². The number of nitrogens with zero attached hydrogens (tertiary/aromatic N) is 1. The highest BCUT2D eigenvalue weighted by molar-refractivity contribution is 6.60. The molecule has 3 rings (SSSR count). The van der Waals surface area contributed by atoms with Crippen molar-refractivity contribution >= 4 is 19.6 Å². The highest BCUT2D eigenvalue weighted by Crippen LogP contribution is 2.21. The summed E-state index contributed by atoms with van der Waals surface area (Å²) in [5, 5.41) is 2.24. The second kappa shape index (κ2) is 7.68. The first-order valence-electron chi connectivity index (χ1n) is 7.86. The first-order chi connectivity index (χ1) is 11.8. The van der Waals surface area contributed by atoms with Crippen LogP contribution in [0.5, 0.6) is 0 Å². The molecule has 0 spiro atoms. The van der Waals surface area contributed by atoms with Gasteiger partial charge in [0.05, 0.1) is 6.61 Å². The lowest BCUT2D eigenvalue weighted by molar-refractivity contribution is 0.0907. The molecule has 1 aromatic heterocycles. The smallest absolute Gasteiger partial charge is 0.377 e. The Kier molecular flexibility index (Phi) is 5.37. The van der Waals surface area contributed by atoms with Crippen molar-refractivity contribution < 1.29 is 13.3 Å². The van der Waals surface area contributed by atoms with E-state index in [1.807, 2.05) is 48.8 Å². The molecular weight excluding hydrogens is 318 g/mol. The number of rotatable bonds is 7. The highest BCUT2D eigenvalue weighted by atomic mass is 28.4. The molecule has 0 saturated carbocycles. The summed E-state index contributed by atoms with van der Waals surface area (Å²) in [6.07, 6.45) is 3.70. The van der Waals surface area contributed by atoms with Crippen LogP contribution in [0, 0.1) is 0 Å². The lowest BCUT2D eigenvalue weighted by Crippen LogP contribution is -2.46. The molecule has 124 valence electrons. The van der Waals surface area contributed by atoms with Gasteiger partial charge in [0.2, 0.25) is 0 Å². The number of benzene rings is 2. The van der Waals surface area contributed by atoms with E-state index in [4.69, 9.17) is 13.3 Å². The van der Waals surface area contributed by atoms with Crippen molar-refractivity contribution in [3.8, 4) is 0 Å². The molecule has 0 radical (unpaired) electrons. The van der Waals surface area contributed by atoms with E-state index in [-0.39, 0.29) is 0 Å². The maximum absolute atomic E-state index is 6.18. The maximum atomic E-state index is 6.18. The fraction of sp³-hybridized carbons (Fsp3) is 0.211. The molecule has 0 saturated heterocycles. The third kappa shape index (κ3) is 3.71. The lowest BCUT2D eigenvalue weighted by Gasteiger charge is -2.26. The molecule has 2 aromatic carbocycles. The van der Waals surface area contributed by atoms with Gasteiger partial charge in [0.25, 0.3) is 0 Å². The van der Waals surface area contributed by atoms with E-state index in [2.05, 4.69) is 23.2 Å². The minimum Gasteiger partial charge on any atom is -0.377 e. The van der Waals surface area contributed by atoms with Crippen LogP contribution in [0.3, 0.4) is 0 Å². The average Bonchev–Trinajstić information content (AvgIpc) is 2.66. The molecule has 3 aromatic rings. The SMILES string of the molecule is CO[Si](Cc1ccccc1)(OC)OCc1cncc2ccccc12. The molecule has 0 atom stereocenters. The average molecular weight is 339 g/mol. The zero-order chi connectivity index (χ0) is 16.8. The van der Waals surface area contributed by atoms with Crippen molar-refractivity contribution in [3.63, 3.8) is 0 Å². The Labute approximate surface area is 143 Å². The Morgan fingerprint density at radius 2 is 1.58 bits per heavy atom. The van der Waals surface area contributed by atoms with Crippen LogP contribution >= 0.6 is 0 Å². The van der Waals surface area contributed by atoms with Crippen LogP contribution in [-0.2, 0) is 25.9 Å². The number of pyridine rings is 1. The predicted molar refractivity (Wildman–Crippen MR) is 96.5 cm³/mol. The van der Waals surface area contributed by atoms with E-state index in [9.17, 15) is 0 Å². The maximum Gasteiger partial charge on any atom is 0.505 e. The third-order valence-corrected chi connectivity index (χ3v) is 6.75. The van der Waals surface area contributed by atoms with E-state index in [0.717, 1.165) is 21.9 Å². The van der Waals surface area contributed by atoms with Crippen LogP contribution in [0.15, 0.2) is 67.0 Å². The lowest BCUT2D eigenvalue weighted by atomic mass is 10.1. The molecule has 0 N–H and O–H groups in total. The van der Waals surface area contributed by atoms with Crippen molar-refractivity contribution in [2.24, 2.45) is 0 Å². The fourth-order valence-corrected chi connectivity index (χ4v) is 4.63. The molecule has 0 bridgehead atoms. The largest absolute Gasteiger partial charge is 0.505 e. The number of aromatic nitrogens is 1. The molecule has 0 unspecified atom stereocenters. The van der Waals surface area contributed by atoms with Gasteiger partial charge < -0.3 is 13.3 Å². The van der Waals surface area contributed by atoms with E-state index < -0.39 is 8.80 Å². The van der Waals surface area contributed by atoms with Crippen molar-refractivity contribution in [1.82, 2.24) is 4.98 Å². The third-order valence-electron chi connectivity index (χ3n) is 4.08. The van der Waals surface area contributed by atoms with Crippen molar-refractivity contribution in [2.75, 3.05) is 14.2 Å². The molecule has 0 fully saturated rings. The normalized spacial score (nSPS) is 11.8. The Hall–Kier alpha value is -2.05. The van der Waals surface area contributed by atoms with Gasteiger partial charge in [-0.15, -0.1) is 0 Å². The molecule has 0 aliphatic rings. The van der Waals surface area contributed by atoms with Gasteiger partial charge in [-0.05, 0) is 10.9 Å². The molecule has 0 aliphatic heterocycles.